The average molecular weight is 395 g/mol. The van der Waals surface area contributed by atoms with E-state index < -0.39 is 17.7 Å². The highest BCUT2D eigenvalue weighted by atomic mass is 19.1. The van der Waals surface area contributed by atoms with Crippen molar-refractivity contribution in [2.45, 2.75) is 19.1 Å². The van der Waals surface area contributed by atoms with E-state index in [0.29, 0.717) is 17.7 Å². The van der Waals surface area contributed by atoms with Gasteiger partial charge in [-0.15, -0.1) is 0 Å². The fraction of sp³-hybridized carbons (Fsp3) is 0.174. The zero-order valence-electron chi connectivity index (χ0n) is 15.5. The highest BCUT2D eigenvalue weighted by Gasteiger charge is 2.27. The molecule has 6 heteroatoms. The summed E-state index contributed by atoms with van der Waals surface area (Å²) < 4.78 is 38.6. The van der Waals surface area contributed by atoms with Crippen LogP contribution in [0.15, 0.2) is 66.7 Å². The van der Waals surface area contributed by atoms with E-state index in [1.807, 2.05) is 42.5 Å². The molecule has 0 bridgehead atoms. The predicted molar refractivity (Wildman–Crippen MR) is 105 cm³/mol. The Morgan fingerprint density at radius 1 is 1.03 bits per heavy atom. The first-order valence-corrected chi connectivity index (χ1v) is 9.28. The first-order chi connectivity index (χ1) is 14.1. The standard InChI is InChI=1S/C23H19F2NO3/c24-17-9-10-19(21(25)12-17)20-8-4-7-16-11-18(29-22(16)20)13-26-23(27)28-14-15-5-2-1-3-6-15/h1-10,12,18H,11,13-14H2,(H,26,27). The van der Waals surface area contributed by atoms with E-state index in [0.717, 1.165) is 17.2 Å². The molecule has 0 saturated carbocycles. The Labute approximate surface area is 167 Å². The van der Waals surface area contributed by atoms with Crippen LogP contribution < -0.4 is 10.1 Å². The Hall–Kier alpha value is -3.41. The lowest BCUT2D eigenvalue weighted by molar-refractivity contribution is 0.133. The molecule has 4 nitrogen and oxygen atoms in total. The summed E-state index contributed by atoms with van der Waals surface area (Å²) in [5, 5.41) is 2.70. The number of halogens is 2. The second-order valence-corrected chi connectivity index (χ2v) is 6.80. The quantitative estimate of drug-likeness (QED) is 0.671. The summed E-state index contributed by atoms with van der Waals surface area (Å²) in [6.07, 6.45) is -0.248. The Morgan fingerprint density at radius 2 is 1.86 bits per heavy atom. The van der Waals surface area contributed by atoms with Crippen molar-refractivity contribution in [1.29, 1.82) is 0 Å². The second kappa shape index (κ2) is 8.31. The Morgan fingerprint density at radius 3 is 2.66 bits per heavy atom. The summed E-state index contributed by atoms with van der Waals surface area (Å²) in [4.78, 5) is 11.9. The molecule has 0 radical (unpaired) electrons. The van der Waals surface area contributed by atoms with Crippen molar-refractivity contribution >= 4 is 6.09 Å². The van der Waals surface area contributed by atoms with Gasteiger partial charge in [-0.3, -0.25) is 0 Å². The van der Waals surface area contributed by atoms with Crippen LogP contribution in [0.2, 0.25) is 0 Å². The van der Waals surface area contributed by atoms with Crippen LogP contribution in [-0.4, -0.2) is 18.7 Å². The molecule has 1 unspecified atom stereocenters. The van der Waals surface area contributed by atoms with Crippen molar-refractivity contribution in [3.63, 3.8) is 0 Å². The molecule has 1 amide bonds. The van der Waals surface area contributed by atoms with E-state index in [-0.39, 0.29) is 24.8 Å². The van der Waals surface area contributed by atoms with E-state index in [1.165, 1.54) is 12.1 Å². The summed E-state index contributed by atoms with van der Waals surface area (Å²) in [6, 6.07) is 18.3. The van der Waals surface area contributed by atoms with E-state index in [2.05, 4.69) is 5.32 Å². The minimum atomic E-state index is -0.645. The molecule has 3 aromatic carbocycles. The number of alkyl carbamates (subject to hydrolysis) is 1. The van der Waals surface area contributed by atoms with Gasteiger partial charge in [0.05, 0.1) is 6.54 Å². The van der Waals surface area contributed by atoms with Crippen LogP contribution in [0, 0.1) is 11.6 Å². The zero-order valence-corrected chi connectivity index (χ0v) is 15.5. The van der Waals surface area contributed by atoms with E-state index in [9.17, 15) is 13.6 Å². The molecule has 3 aromatic rings. The Bertz CT molecular complexity index is 1020. The lowest BCUT2D eigenvalue weighted by atomic mass is 10.00. The fourth-order valence-corrected chi connectivity index (χ4v) is 3.34. The van der Waals surface area contributed by atoms with E-state index in [1.54, 1.807) is 6.07 Å². The molecular weight excluding hydrogens is 376 g/mol. The molecule has 0 spiro atoms. The van der Waals surface area contributed by atoms with Crippen molar-refractivity contribution in [3.8, 4) is 16.9 Å². The molecule has 1 heterocycles. The maximum absolute atomic E-state index is 14.2. The van der Waals surface area contributed by atoms with Gasteiger partial charge in [0.1, 0.15) is 30.1 Å². The predicted octanol–water partition coefficient (Wildman–Crippen LogP) is 4.86. The first-order valence-electron chi connectivity index (χ1n) is 9.28. The lowest BCUT2D eigenvalue weighted by Gasteiger charge is -2.14. The summed E-state index contributed by atoms with van der Waals surface area (Å²) >= 11 is 0. The summed E-state index contributed by atoms with van der Waals surface area (Å²) in [6.45, 7) is 0.445. The number of hydrogen-bond donors (Lipinski definition) is 1. The third-order valence-electron chi connectivity index (χ3n) is 4.74. The number of carbonyl (C=O) groups excluding carboxylic acids is 1. The molecule has 1 aliphatic heterocycles. The van der Waals surface area contributed by atoms with Gasteiger partial charge in [-0.1, -0.05) is 48.5 Å². The van der Waals surface area contributed by atoms with Crippen LogP contribution in [0.3, 0.4) is 0 Å². The van der Waals surface area contributed by atoms with Gasteiger partial charge in [-0.25, -0.2) is 13.6 Å². The molecule has 0 saturated heterocycles. The van der Waals surface area contributed by atoms with Gasteiger partial charge in [0.2, 0.25) is 0 Å². The molecule has 0 aliphatic carbocycles. The number of nitrogens with one attached hydrogen (secondary N) is 1. The number of rotatable bonds is 5. The number of benzene rings is 3. The average Bonchev–Trinajstić information content (AvgIpc) is 3.15. The zero-order chi connectivity index (χ0) is 20.2. The summed E-state index contributed by atoms with van der Waals surface area (Å²) in [5.74, 6) is -0.716. The second-order valence-electron chi connectivity index (χ2n) is 6.80. The number of para-hydroxylation sites is 1. The number of carbonyl (C=O) groups is 1. The normalized spacial score (nSPS) is 14.8. The maximum Gasteiger partial charge on any atom is 0.407 e. The van der Waals surface area contributed by atoms with Gasteiger partial charge in [-0.2, -0.15) is 0 Å². The number of fused-ring (bicyclic) bond motifs is 1. The largest absolute Gasteiger partial charge is 0.487 e. The maximum atomic E-state index is 14.2. The van der Waals surface area contributed by atoms with Crippen LogP contribution in [0.5, 0.6) is 5.75 Å². The molecule has 0 aromatic heterocycles. The van der Waals surface area contributed by atoms with Crippen molar-refractivity contribution in [1.82, 2.24) is 5.32 Å². The highest BCUT2D eigenvalue weighted by Crippen LogP contribution is 2.39. The van der Waals surface area contributed by atoms with Crippen molar-refractivity contribution in [2.75, 3.05) is 6.54 Å². The Kier molecular flexibility index (Phi) is 5.42. The van der Waals surface area contributed by atoms with Gasteiger partial charge in [-0.05, 0) is 23.3 Å². The molecule has 4 rings (SSSR count). The van der Waals surface area contributed by atoms with Gasteiger partial charge in [0, 0.05) is 23.6 Å². The third-order valence-corrected chi connectivity index (χ3v) is 4.74. The molecule has 148 valence electrons. The Balaban J connectivity index is 1.37. The minimum Gasteiger partial charge on any atom is -0.487 e. The molecule has 1 atom stereocenters. The highest BCUT2D eigenvalue weighted by molar-refractivity contribution is 5.73. The van der Waals surface area contributed by atoms with Crippen LogP contribution in [-0.2, 0) is 17.8 Å². The number of hydrogen-bond acceptors (Lipinski definition) is 3. The smallest absolute Gasteiger partial charge is 0.407 e. The van der Waals surface area contributed by atoms with E-state index in [4.69, 9.17) is 9.47 Å². The lowest BCUT2D eigenvalue weighted by Crippen LogP contribution is -2.34. The van der Waals surface area contributed by atoms with Crippen LogP contribution in [0.25, 0.3) is 11.1 Å². The topological polar surface area (TPSA) is 47.6 Å². The fourth-order valence-electron chi connectivity index (χ4n) is 3.34. The van der Waals surface area contributed by atoms with Crippen molar-refractivity contribution in [3.05, 3.63) is 89.5 Å². The summed E-state index contributed by atoms with van der Waals surface area (Å²) in [5.41, 5.74) is 2.65. The first kappa shape index (κ1) is 18.9. The number of ether oxygens (including phenoxy) is 2. The van der Waals surface area contributed by atoms with Gasteiger partial charge in [0.25, 0.3) is 0 Å². The van der Waals surface area contributed by atoms with Crippen LogP contribution in [0.1, 0.15) is 11.1 Å². The molecule has 1 aliphatic rings. The van der Waals surface area contributed by atoms with Crippen molar-refractivity contribution in [2.24, 2.45) is 0 Å². The SMILES string of the molecule is O=C(NCC1Cc2cccc(-c3ccc(F)cc3F)c2O1)OCc1ccccc1. The molecular formula is C23H19F2NO3. The summed E-state index contributed by atoms with van der Waals surface area (Å²) in [7, 11) is 0. The number of amides is 1. The van der Waals surface area contributed by atoms with Crippen molar-refractivity contribution < 1.29 is 23.0 Å². The van der Waals surface area contributed by atoms with Crippen LogP contribution >= 0.6 is 0 Å². The third kappa shape index (κ3) is 4.37. The molecule has 1 N–H and O–H groups in total. The molecule has 29 heavy (non-hydrogen) atoms. The van der Waals surface area contributed by atoms with Crippen LogP contribution in [0.4, 0.5) is 13.6 Å². The minimum absolute atomic E-state index is 0.187. The van der Waals surface area contributed by atoms with E-state index >= 15 is 0 Å². The molecule has 0 fully saturated rings. The van der Waals surface area contributed by atoms with Gasteiger partial charge >= 0.3 is 6.09 Å². The monoisotopic (exact) mass is 395 g/mol. The van der Waals surface area contributed by atoms with Gasteiger partial charge < -0.3 is 14.8 Å². The van der Waals surface area contributed by atoms with Gasteiger partial charge in [0.15, 0.2) is 0 Å².